The fourth-order valence-corrected chi connectivity index (χ4v) is 3.96. The number of ether oxygens (including phenoxy) is 1. The summed E-state index contributed by atoms with van der Waals surface area (Å²) in [5.74, 6) is 0. The van der Waals surface area contributed by atoms with Gasteiger partial charge in [0.25, 0.3) is 8.53 Å². The van der Waals surface area contributed by atoms with Crippen molar-refractivity contribution in [2.75, 3.05) is 19.8 Å². The average molecular weight is 362 g/mol. The number of rotatable bonds is 15. The lowest BCUT2D eigenvalue weighted by Gasteiger charge is -2.35. The van der Waals surface area contributed by atoms with Crippen LogP contribution in [-0.2, 0) is 13.8 Å². The van der Waals surface area contributed by atoms with Crippen molar-refractivity contribution in [1.82, 2.24) is 4.67 Å². The van der Waals surface area contributed by atoms with Gasteiger partial charge in [0, 0.05) is 18.7 Å². The van der Waals surface area contributed by atoms with Crippen LogP contribution in [0.15, 0.2) is 0 Å². The van der Waals surface area contributed by atoms with Crippen LogP contribution in [0.4, 0.5) is 0 Å². The molecule has 2 unspecified atom stereocenters. The highest BCUT2D eigenvalue weighted by Crippen LogP contribution is 2.46. The molecular formula is C17H35N2O4P. The van der Waals surface area contributed by atoms with Crippen LogP contribution in [0.1, 0.15) is 66.7 Å². The highest BCUT2D eigenvalue weighted by molar-refractivity contribution is 7.44. The van der Waals surface area contributed by atoms with Crippen molar-refractivity contribution in [2.24, 2.45) is 0 Å². The molecule has 0 aromatic rings. The van der Waals surface area contributed by atoms with E-state index in [-0.39, 0.29) is 0 Å². The number of unbranched alkanes of at least 4 members (excludes halogenated alkanes) is 2. The zero-order valence-electron chi connectivity index (χ0n) is 15.9. The Morgan fingerprint density at radius 1 is 1.04 bits per heavy atom. The monoisotopic (exact) mass is 362 g/mol. The van der Waals surface area contributed by atoms with Crippen molar-refractivity contribution >= 4 is 8.53 Å². The number of nitriles is 1. The molecule has 24 heavy (non-hydrogen) atoms. The number of aliphatic hydroxyl groups excluding tert-OH is 1. The summed E-state index contributed by atoms with van der Waals surface area (Å²) in [5.41, 5.74) is 0. The van der Waals surface area contributed by atoms with E-state index in [0.717, 1.165) is 19.3 Å². The molecule has 0 aromatic carbocycles. The first kappa shape index (κ1) is 23.7. The van der Waals surface area contributed by atoms with Gasteiger partial charge in [0.15, 0.2) is 6.29 Å². The molecular weight excluding hydrogens is 327 g/mol. The topological polar surface area (TPSA) is 75.0 Å². The molecule has 0 aliphatic heterocycles. The summed E-state index contributed by atoms with van der Waals surface area (Å²) in [5, 5.41) is 18.2. The van der Waals surface area contributed by atoms with E-state index in [9.17, 15) is 5.11 Å². The number of hydrogen-bond donors (Lipinski definition) is 1. The molecule has 0 aliphatic rings. The number of aliphatic hydroxyl groups is 1. The second kappa shape index (κ2) is 15.0. The summed E-state index contributed by atoms with van der Waals surface area (Å²) < 4.78 is 19.2. The Morgan fingerprint density at radius 2 is 1.67 bits per heavy atom. The lowest BCUT2D eigenvalue weighted by molar-refractivity contribution is -0.0994. The molecule has 1 N–H and O–H groups in total. The molecule has 0 spiro atoms. The lowest BCUT2D eigenvalue weighted by atomic mass is 10.2. The van der Waals surface area contributed by atoms with Crippen molar-refractivity contribution in [3.63, 3.8) is 0 Å². The normalized spacial score (nSPS) is 14.3. The van der Waals surface area contributed by atoms with E-state index in [0.29, 0.717) is 44.7 Å². The largest absolute Gasteiger partial charge is 0.368 e. The van der Waals surface area contributed by atoms with Gasteiger partial charge >= 0.3 is 0 Å². The van der Waals surface area contributed by atoms with Crippen molar-refractivity contribution < 1.29 is 18.9 Å². The third-order valence-electron chi connectivity index (χ3n) is 3.32. The first-order valence-electron chi connectivity index (χ1n) is 8.94. The fourth-order valence-electron chi connectivity index (χ4n) is 2.33. The second-order valence-electron chi connectivity index (χ2n) is 6.14. The Hall–Kier alpha value is -0.280. The van der Waals surface area contributed by atoms with Crippen molar-refractivity contribution in [1.29, 1.82) is 5.26 Å². The van der Waals surface area contributed by atoms with Crippen LogP contribution < -0.4 is 0 Å². The zero-order valence-corrected chi connectivity index (χ0v) is 16.8. The van der Waals surface area contributed by atoms with Gasteiger partial charge in [-0.2, -0.15) is 5.26 Å². The Morgan fingerprint density at radius 3 is 2.21 bits per heavy atom. The van der Waals surface area contributed by atoms with Gasteiger partial charge in [0.05, 0.1) is 25.7 Å². The van der Waals surface area contributed by atoms with E-state index in [1.807, 2.05) is 6.92 Å². The summed E-state index contributed by atoms with van der Waals surface area (Å²) in [7, 11) is -1.15. The first-order valence-corrected chi connectivity index (χ1v) is 10.1. The summed E-state index contributed by atoms with van der Waals surface area (Å²) in [6, 6.07) is 2.74. The van der Waals surface area contributed by atoms with E-state index < -0.39 is 14.8 Å². The predicted molar refractivity (Wildman–Crippen MR) is 97.3 cm³/mol. The van der Waals surface area contributed by atoms with Gasteiger partial charge in [0.2, 0.25) is 0 Å². The molecule has 0 saturated heterocycles. The van der Waals surface area contributed by atoms with Crippen LogP contribution in [0.5, 0.6) is 0 Å². The van der Waals surface area contributed by atoms with Crippen LogP contribution in [0.2, 0.25) is 0 Å². The summed E-state index contributed by atoms with van der Waals surface area (Å²) in [6.45, 7) is 11.9. The summed E-state index contributed by atoms with van der Waals surface area (Å²) in [6.07, 6.45) is 3.20. The molecule has 0 aromatic heterocycles. The molecule has 0 saturated carbocycles. The molecule has 0 bridgehead atoms. The van der Waals surface area contributed by atoms with Crippen LogP contribution in [0, 0.1) is 11.3 Å². The molecule has 0 heterocycles. The van der Waals surface area contributed by atoms with Gasteiger partial charge in [-0.25, -0.2) is 4.67 Å². The van der Waals surface area contributed by atoms with Crippen LogP contribution in [0.3, 0.4) is 0 Å². The molecule has 142 valence electrons. The van der Waals surface area contributed by atoms with Gasteiger partial charge in [0.1, 0.15) is 0 Å². The summed E-state index contributed by atoms with van der Waals surface area (Å²) >= 11 is 0. The van der Waals surface area contributed by atoms with Crippen LogP contribution in [0.25, 0.3) is 0 Å². The zero-order chi connectivity index (χ0) is 18.4. The Balaban J connectivity index is 4.19. The third kappa shape index (κ3) is 11.3. The Labute approximate surface area is 149 Å². The van der Waals surface area contributed by atoms with Gasteiger partial charge in [-0.3, -0.25) is 0 Å². The average Bonchev–Trinajstić information content (AvgIpc) is 2.50. The second-order valence-corrected chi connectivity index (χ2v) is 7.59. The molecule has 6 nitrogen and oxygen atoms in total. The summed E-state index contributed by atoms with van der Waals surface area (Å²) in [4.78, 5) is 0. The number of nitrogens with zero attached hydrogens (tertiary/aromatic N) is 2. The molecule has 7 heteroatoms. The first-order chi connectivity index (χ1) is 11.4. The molecule has 0 rings (SSSR count). The van der Waals surface area contributed by atoms with Crippen molar-refractivity contribution in [3.8, 4) is 6.07 Å². The predicted octanol–water partition coefficient (Wildman–Crippen LogP) is 4.19. The van der Waals surface area contributed by atoms with Gasteiger partial charge < -0.3 is 18.9 Å². The highest BCUT2D eigenvalue weighted by Gasteiger charge is 2.26. The van der Waals surface area contributed by atoms with Gasteiger partial charge in [-0.15, -0.1) is 0 Å². The molecule has 0 radical (unpaired) electrons. The molecule has 0 fully saturated rings. The maximum Gasteiger partial charge on any atom is 0.259 e. The maximum absolute atomic E-state index is 9.51. The lowest BCUT2D eigenvalue weighted by Crippen LogP contribution is -2.33. The third-order valence-corrected chi connectivity index (χ3v) is 5.43. The Bertz CT molecular complexity index is 329. The smallest absolute Gasteiger partial charge is 0.259 e. The van der Waals surface area contributed by atoms with E-state index in [1.165, 1.54) is 0 Å². The maximum atomic E-state index is 9.51. The van der Waals surface area contributed by atoms with Crippen LogP contribution >= 0.6 is 8.53 Å². The minimum absolute atomic E-state index is 0.319. The van der Waals surface area contributed by atoms with Gasteiger partial charge in [-0.05, 0) is 53.9 Å². The standard InChI is InChI=1S/C17H35N2O4P/c1-6-21-17(20)11-8-7-9-13-22-24(23-14-10-12-18)19(15(2)3)16(4)5/h15-17,20H,6-11,13-14H2,1-5H3. The van der Waals surface area contributed by atoms with Crippen molar-refractivity contribution in [3.05, 3.63) is 0 Å². The van der Waals surface area contributed by atoms with E-state index in [4.69, 9.17) is 19.0 Å². The van der Waals surface area contributed by atoms with Crippen molar-refractivity contribution in [2.45, 2.75) is 85.1 Å². The Kier molecular flexibility index (Phi) is 14.8. The number of hydrogen-bond acceptors (Lipinski definition) is 6. The van der Waals surface area contributed by atoms with E-state index in [1.54, 1.807) is 0 Å². The molecule has 2 atom stereocenters. The molecule has 0 amide bonds. The van der Waals surface area contributed by atoms with Gasteiger partial charge in [-0.1, -0.05) is 6.42 Å². The SMILES string of the molecule is CCOC(O)CCCCCOP(OCCC#N)N(C(C)C)C(C)C. The minimum Gasteiger partial charge on any atom is -0.368 e. The quantitative estimate of drug-likeness (QED) is 0.267. The van der Waals surface area contributed by atoms with Crippen LogP contribution in [-0.4, -0.2) is 48.0 Å². The van der Waals surface area contributed by atoms with E-state index in [2.05, 4.69) is 38.4 Å². The highest BCUT2D eigenvalue weighted by atomic mass is 31.2. The van der Waals surface area contributed by atoms with E-state index >= 15 is 0 Å². The fraction of sp³-hybridized carbons (Fsp3) is 0.941. The minimum atomic E-state index is -1.15. The molecule has 0 aliphatic carbocycles.